The smallest absolute Gasteiger partial charge is 0.416 e. The summed E-state index contributed by atoms with van der Waals surface area (Å²) in [7, 11) is 0. The van der Waals surface area contributed by atoms with Crippen molar-refractivity contribution in [2.75, 3.05) is 6.61 Å². The maximum Gasteiger partial charge on any atom is 0.416 e. The fourth-order valence-electron chi connectivity index (χ4n) is 2.61. The van der Waals surface area contributed by atoms with Gasteiger partial charge in [0.05, 0.1) is 16.1 Å². The molecular weight excluding hydrogens is 463 g/mol. The third-order valence-electron chi connectivity index (χ3n) is 3.96. The Labute approximate surface area is 189 Å². The van der Waals surface area contributed by atoms with Crippen molar-refractivity contribution >= 4 is 29.2 Å². The standard InChI is InChI=1S/C20H18F3N5O4S/c1-11(2)24-19(31)25-15(29)10-32-18(30)16-26-17(14-7-4-8-33-14)28(27-16)13-6-3-5-12(9-13)20(21,22)23/h3-9,11H,10H2,1-2H3,(H2,24,25,29,31). The van der Waals surface area contributed by atoms with Crippen LogP contribution in [0.2, 0.25) is 0 Å². The molecule has 1 aromatic carbocycles. The first-order chi connectivity index (χ1) is 15.5. The summed E-state index contributed by atoms with van der Waals surface area (Å²) in [6.07, 6.45) is -4.57. The number of rotatable bonds is 6. The van der Waals surface area contributed by atoms with Crippen LogP contribution in [0.3, 0.4) is 0 Å². The number of imide groups is 1. The highest BCUT2D eigenvalue weighted by Gasteiger charge is 2.31. The predicted octanol–water partition coefficient (Wildman–Crippen LogP) is 3.41. The fraction of sp³-hybridized carbons (Fsp3) is 0.250. The maximum absolute atomic E-state index is 13.1. The van der Waals surface area contributed by atoms with Gasteiger partial charge in [0.1, 0.15) is 0 Å². The molecule has 0 saturated heterocycles. The summed E-state index contributed by atoms with van der Waals surface area (Å²) in [5.41, 5.74) is -0.865. The first kappa shape index (κ1) is 23.9. The molecule has 3 rings (SSSR count). The highest BCUT2D eigenvalue weighted by Crippen LogP contribution is 2.32. The first-order valence-electron chi connectivity index (χ1n) is 9.50. The minimum atomic E-state index is -4.57. The van der Waals surface area contributed by atoms with Crippen molar-refractivity contribution in [3.05, 3.63) is 53.2 Å². The second kappa shape index (κ2) is 9.81. The number of nitrogens with one attached hydrogen (secondary N) is 2. The van der Waals surface area contributed by atoms with E-state index in [1.54, 1.807) is 31.4 Å². The molecule has 2 N–H and O–H groups in total. The van der Waals surface area contributed by atoms with Gasteiger partial charge in [-0.05, 0) is 43.5 Å². The first-order valence-corrected chi connectivity index (χ1v) is 10.4. The Hall–Kier alpha value is -3.74. The van der Waals surface area contributed by atoms with E-state index in [4.69, 9.17) is 4.74 Å². The zero-order valence-electron chi connectivity index (χ0n) is 17.3. The van der Waals surface area contributed by atoms with Gasteiger partial charge >= 0.3 is 18.2 Å². The number of benzene rings is 1. The average Bonchev–Trinajstić information content (AvgIpc) is 3.40. The molecule has 33 heavy (non-hydrogen) atoms. The Balaban J connectivity index is 1.82. The molecule has 0 bridgehead atoms. The van der Waals surface area contributed by atoms with Gasteiger partial charge in [0.15, 0.2) is 12.4 Å². The zero-order chi connectivity index (χ0) is 24.2. The summed E-state index contributed by atoms with van der Waals surface area (Å²) in [6, 6.07) is 6.79. The highest BCUT2D eigenvalue weighted by atomic mass is 32.1. The summed E-state index contributed by atoms with van der Waals surface area (Å²) in [5, 5.41) is 10.1. The Morgan fingerprint density at radius 3 is 2.58 bits per heavy atom. The van der Waals surface area contributed by atoms with E-state index in [0.29, 0.717) is 4.88 Å². The van der Waals surface area contributed by atoms with E-state index < -0.39 is 42.1 Å². The molecule has 0 aliphatic rings. The number of amides is 3. The van der Waals surface area contributed by atoms with Crippen LogP contribution in [0.5, 0.6) is 0 Å². The van der Waals surface area contributed by atoms with E-state index in [0.717, 1.165) is 16.8 Å². The van der Waals surface area contributed by atoms with Crippen LogP contribution in [-0.2, 0) is 15.7 Å². The maximum atomic E-state index is 13.1. The lowest BCUT2D eigenvalue weighted by Gasteiger charge is -2.09. The lowest BCUT2D eigenvalue weighted by molar-refractivity contribution is -0.137. The number of hydrogen-bond acceptors (Lipinski definition) is 7. The zero-order valence-corrected chi connectivity index (χ0v) is 18.2. The lowest BCUT2D eigenvalue weighted by atomic mass is 10.2. The van der Waals surface area contributed by atoms with Crippen LogP contribution in [0.15, 0.2) is 41.8 Å². The Morgan fingerprint density at radius 2 is 1.94 bits per heavy atom. The van der Waals surface area contributed by atoms with Gasteiger partial charge in [0.25, 0.3) is 11.7 Å². The van der Waals surface area contributed by atoms with Gasteiger partial charge in [-0.1, -0.05) is 12.1 Å². The van der Waals surface area contributed by atoms with Gasteiger partial charge in [0, 0.05) is 6.04 Å². The average molecular weight is 481 g/mol. The third-order valence-corrected chi connectivity index (χ3v) is 4.82. The van der Waals surface area contributed by atoms with Crippen molar-refractivity contribution < 1.29 is 32.3 Å². The molecule has 0 atom stereocenters. The molecule has 0 aliphatic heterocycles. The molecule has 2 heterocycles. The molecule has 0 radical (unpaired) electrons. The summed E-state index contributed by atoms with van der Waals surface area (Å²) in [4.78, 5) is 40.3. The largest absolute Gasteiger partial charge is 0.450 e. The topological polar surface area (TPSA) is 115 Å². The number of aromatic nitrogens is 3. The van der Waals surface area contributed by atoms with Crippen molar-refractivity contribution in [2.24, 2.45) is 0 Å². The van der Waals surface area contributed by atoms with Crippen LogP contribution in [0, 0.1) is 0 Å². The predicted molar refractivity (Wildman–Crippen MR) is 112 cm³/mol. The van der Waals surface area contributed by atoms with Crippen LogP contribution in [0.1, 0.15) is 30.0 Å². The van der Waals surface area contributed by atoms with Crippen molar-refractivity contribution in [3.63, 3.8) is 0 Å². The quantitative estimate of drug-likeness (QED) is 0.522. The number of halogens is 3. The second-order valence-corrected chi connectivity index (χ2v) is 7.90. The molecule has 0 unspecified atom stereocenters. The molecule has 0 saturated carbocycles. The SMILES string of the molecule is CC(C)NC(=O)NC(=O)COC(=O)c1nc(-c2cccs2)n(-c2cccc(C(F)(F)F)c2)n1. The van der Waals surface area contributed by atoms with Crippen molar-refractivity contribution in [2.45, 2.75) is 26.1 Å². The minimum Gasteiger partial charge on any atom is -0.450 e. The van der Waals surface area contributed by atoms with E-state index in [9.17, 15) is 27.6 Å². The normalized spacial score (nSPS) is 11.3. The molecule has 174 valence electrons. The monoisotopic (exact) mass is 481 g/mol. The highest BCUT2D eigenvalue weighted by molar-refractivity contribution is 7.13. The number of esters is 1. The number of hydrogen-bond donors (Lipinski definition) is 2. The molecule has 2 aromatic heterocycles. The van der Waals surface area contributed by atoms with Crippen molar-refractivity contribution in [1.29, 1.82) is 0 Å². The van der Waals surface area contributed by atoms with Crippen molar-refractivity contribution in [3.8, 4) is 16.4 Å². The Bertz CT molecular complexity index is 1160. The summed E-state index contributed by atoms with van der Waals surface area (Å²) < 4.78 is 45.4. The van der Waals surface area contributed by atoms with Gasteiger partial charge in [-0.25, -0.2) is 14.3 Å². The van der Waals surface area contributed by atoms with Gasteiger partial charge < -0.3 is 10.1 Å². The molecular formula is C20H18F3N5O4S. The number of nitrogens with zero attached hydrogens (tertiary/aromatic N) is 3. The van der Waals surface area contributed by atoms with Crippen LogP contribution >= 0.6 is 11.3 Å². The van der Waals surface area contributed by atoms with Crippen LogP contribution in [0.4, 0.5) is 18.0 Å². The molecule has 3 aromatic rings. The number of alkyl halides is 3. The number of carbonyl (C=O) groups is 3. The van der Waals surface area contributed by atoms with Crippen LogP contribution in [0.25, 0.3) is 16.4 Å². The van der Waals surface area contributed by atoms with E-state index in [1.165, 1.54) is 23.5 Å². The third kappa shape index (κ3) is 6.16. The van der Waals surface area contributed by atoms with Crippen LogP contribution in [-0.4, -0.2) is 45.3 Å². The van der Waals surface area contributed by atoms with E-state index >= 15 is 0 Å². The van der Waals surface area contributed by atoms with Crippen LogP contribution < -0.4 is 10.6 Å². The summed E-state index contributed by atoms with van der Waals surface area (Å²) in [6.45, 7) is 2.61. The molecule has 0 aliphatic carbocycles. The van der Waals surface area contributed by atoms with Crippen molar-refractivity contribution in [1.82, 2.24) is 25.4 Å². The number of carbonyl (C=O) groups excluding carboxylic acids is 3. The van der Waals surface area contributed by atoms with E-state index in [1.807, 2.05) is 5.32 Å². The van der Waals surface area contributed by atoms with E-state index in [2.05, 4.69) is 15.4 Å². The lowest BCUT2D eigenvalue weighted by Crippen LogP contribution is -2.44. The van der Waals surface area contributed by atoms with Gasteiger partial charge in [0.2, 0.25) is 0 Å². The van der Waals surface area contributed by atoms with Gasteiger partial charge in [-0.2, -0.15) is 18.2 Å². The number of ether oxygens (including phenoxy) is 1. The molecule has 0 spiro atoms. The number of urea groups is 1. The second-order valence-electron chi connectivity index (χ2n) is 6.95. The van der Waals surface area contributed by atoms with Gasteiger partial charge in [-0.3, -0.25) is 10.1 Å². The summed E-state index contributed by atoms with van der Waals surface area (Å²) in [5.74, 6) is -2.30. The molecule has 9 nitrogen and oxygen atoms in total. The number of thiophene rings is 1. The molecule has 13 heteroatoms. The Morgan fingerprint density at radius 1 is 1.18 bits per heavy atom. The minimum absolute atomic E-state index is 0.0304. The van der Waals surface area contributed by atoms with Gasteiger partial charge in [-0.15, -0.1) is 16.4 Å². The van der Waals surface area contributed by atoms with E-state index in [-0.39, 0.29) is 17.6 Å². The Kier molecular flexibility index (Phi) is 7.11. The molecule has 3 amide bonds. The molecule has 0 fully saturated rings. The summed E-state index contributed by atoms with van der Waals surface area (Å²) >= 11 is 1.24. The fourth-order valence-corrected chi connectivity index (χ4v) is 3.31.